The Morgan fingerprint density at radius 2 is 2.08 bits per heavy atom. The van der Waals surface area contributed by atoms with Crippen molar-refractivity contribution in [2.24, 2.45) is 5.73 Å². The minimum atomic E-state index is -0.323. The number of rotatable bonds is 3. The highest BCUT2D eigenvalue weighted by Crippen LogP contribution is 2.30. The van der Waals surface area contributed by atoms with E-state index >= 15 is 0 Å². The van der Waals surface area contributed by atoms with Gasteiger partial charge in [0.15, 0.2) is 5.69 Å². The van der Waals surface area contributed by atoms with E-state index in [4.69, 9.17) is 5.73 Å². The third-order valence-corrected chi connectivity index (χ3v) is 5.37. The number of halogens is 1. The summed E-state index contributed by atoms with van der Waals surface area (Å²) in [6, 6.07) is 6.66. The first-order valence-electron chi connectivity index (χ1n) is 9.07. The number of hydrogen-bond donors (Lipinski definition) is 1. The Balaban J connectivity index is 1.75. The summed E-state index contributed by atoms with van der Waals surface area (Å²) in [6.45, 7) is 1.20. The summed E-state index contributed by atoms with van der Waals surface area (Å²) >= 11 is 0. The average molecular weight is 342 g/mol. The third kappa shape index (κ3) is 2.74. The average Bonchev–Trinajstić information content (AvgIpc) is 3.24. The van der Waals surface area contributed by atoms with Crippen LogP contribution in [0.15, 0.2) is 24.3 Å². The van der Waals surface area contributed by atoms with E-state index in [1.807, 2.05) is 4.90 Å². The zero-order valence-corrected chi connectivity index (χ0v) is 14.2. The molecule has 2 aromatic rings. The molecule has 0 radical (unpaired) electrons. The number of fused-ring (bicyclic) bond motifs is 1. The molecule has 1 fully saturated rings. The molecule has 1 atom stereocenters. The SMILES string of the molecule is NCC1CCCCN1C(=O)c1nn(-c2ccccc2F)c2c1CCC2. The zero-order chi connectivity index (χ0) is 17.4. The molecular weight excluding hydrogens is 319 g/mol. The lowest BCUT2D eigenvalue weighted by atomic mass is 10.0. The summed E-state index contributed by atoms with van der Waals surface area (Å²) < 4.78 is 15.9. The highest BCUT2D eigenvalue weighted by Gasteiger charge is 2.33. The van der Waals surface area contributed by atoms with Crippen LogP contribution in [0.5, 0.6) is 0 Å². The van der Waals surface area contributed by atoms with E-state index in [9.17, 15) is 9.18 Å². The fourth-order valence-corrected chi connectivity index (χ4v) is 4.08. The standard InChI is InChI=1S/C19H23FN4O/c20-15-8-1-2-9-17(15)24-16-10-5-7-14(16)18(22-24)19(25)23-11-4-3-6-13(23)12-21/h1-2,8-9,13H,3-7,10-12,21H2. The molecule has 0 spiro atoms. The quantitative estimate of drug-likeness (QED) is 0.932. The first-order chi connectivity index (χ1) is 12.2. The first kappa shape index (κ1) is 16.3. The molecule has 132 valence electrons. The molecular formula is C19H23FN4O. The van der Waals surface area contributed by atoms with Crippen molar-refractivity contribution in [1.29, 1.82) is 0 Å². The summed E-state index contributed by atoms with van der Waals surface area (Å²) in [7, 11) is 0. The van der Waals surface area contributed by atoms with Gasteiger partial charge in [0.25, 0.3) is 5.91 Å². The van der Waals surface area contributed by atoms with Gasteiger partial charge < -0.3 is 10.6 Å². The predicted octanol–water partition coefficient (Wildman–Crippen LogP) is 2.45. The normalized spacial score (nSPS) is 19.9. The van der Waals surface area contributed by atoms with Crippen LogP contribution in [-0.2, 0) is 12.8 Å². The van der Waals surface area contributed by atoms with Gasteiger partial charge in [0, 0.05) is 30.4 Å². The number of carbonyl (C=O) groups excluding carboxylic acids is 1. The van der Waals surface area contributed by atoms with Gasteiger partial charge in [0.05, 0.1) is 0 Å². The first-order valence-corrected chi connectivity index (χ1v) is 9.07. The maximum absolute atomic E-state index is 14.3. The number of nitrogens with two attached hydrogens (primary N) is 1. The van der Waals surface area contributed by atoms with Crippen molar-refractivity contribution in [1.82, 2.24) is 14.7 Å². The number of amides is 1. The van der Waals surface area contributed by atoms with E-state index in [0.29, 0.717) is 17.9 Å². The molecule has 2 heterocycles. The molecule has 0 bridgehead atoms. The monoisotopic (exact) mass is 342 g/mol. The Labute approximate surface area is 146 Å². The van der Waals surface area contributed by atoms with Gasteiger partial charge in [-0.25, -0.2) is 9.07 Å². The molecule has 1 aliphatic carbocycles. The Morgan fingerprint density at radius 1 is 1.24 bits per heavy atom. The molecule has 1 unspecified atom stereocenters. The number of para-hydroxylation sites is 1. The minimum Gasteiger partial charge on any atom is -0.333 e. The highest BCUT2D eigenvalue weighted by atomic mass is 19.1. The lowest BCUT2D eigenvalue weighted by Gasteiger charge is -2.34. The lowest BCUT2D eigenvalue weighted by Crippen LogP contribution is -2.47. The van der Waals surface area contributed by atoms with Gasteiger partial charge in [-0.3, -0.25) is 4.79 Å². The second kappa shape index (κ2) is 6.59. The number of piperidine rings is 1. The maximum atomic E-state index is 14.3. The predicted molar refractivity (Wildman–Crippen MR) is 93.3 cm³/mol. The minimum absolute atomic E-state index is 0.0524. The molecule has 1 amide bonds. The van der Waals surface area contributed by atoms with Gasteiger partial charge in [0.1, 0.15) is 11.5 Å². The highest BCUT2D eigenvalue weighted by molar-refractivity contribution is 5.94. The molecule has 5 nitrogen and oxygen atoms in total. The molecule has 25 heavy (non-hydrogen) atoms. The Morgan fingerprint density at radius 3 is 2.88 bits per heavy atom. The summed E-state index contributed by atoms with van der Waals surface area (Å²) in [5, 5.41) is 4.55. The van der Waals surface area contributed by atoms with Crippen LogP contribution in [0.2, 0.25) is 0 Å². The number of carbonyl (C=O) groups is 1. The van der Waals surface area contributed by atoms with Gasteiger partial charge in [0.2, 0.25) is 0 Å². The summed E-state index contributed by atoms with van der Waals surface area (Å²) in [5.74, 6) is -0.375. The number of nitrogens with zero attached hydrogens (tertiary/aromatic N) is 3. The summed E-state index contributed by atoms with van der Waals surface area (Å²) in [6.07, 6.45) is 5.67. The van der Waals surface area contributed by atoms with Crippen LogP contribution in [0, 0.1) is 5.82 Å². The van der Waals surface area contributed by atoms with Crippen molar-refractivity contribution >= 4 is 5.91 Å². The van der Waals surface area contributed by atoms with Crippen LogP contribution in [0.3, 0.4) is 0 Å². The Hall–Kier alpha value is -2.21. The van der Waals surface area contributed by atoms with Crippen LogP contribution in [0.25, 0.3) is 5.69 Å². The van der Waals surface area contributed by atoms with Gasteiger partial charge in [-0.2, -0.15) is 5.10 Å². The molecule has 6 heteroatoms. The van der Waals surface area contributed by atoms with Gasteiger partial charge in [-0.1, -0.05) is 12.1 Å². The van der Waals surface area contributed by atoms with Crippen molar-refractivity contribution in [3.8, 4) is 5.69 Å². The Bertz CT molecular complexity index is 801. The van der Waals surface area contributed by atoms with E-state index in [2.05, 4.69) is 5.10 Å². The van der Waals surface area contributed by atoms with Crippen molar-refractivity contribution in [3.63, 3.8) is 0 Å². The van der Waals surface area contributed by atoms with Crippen molar-refractivity contribution in [2.75, 3.05) is 13.1 Å². The maximum Gasteiger partial charge on any atom is 0.274 e. The van der Waals surface area contributed by atoms with Crippen LogP contribution in [-0.4, -0.2) is 39.7 Å². The largest absolute Gasteiger partial charge is 0.333 e. The van der Waals surface area contributed by atoms with Crippen molar-refractivity contribution in [3.05, 3.63) is 47.0 Å². The lowest BCUT2D eigenvalue weighted by molar-refractivity contribution is 0.0615. The molecule has 4 rings (SSSR count). The topological polar surface area (TPSA) is 64.2 Å². The van der Waals surface area contributed by atoms with Crippen molar-refractivity contribution in [2.45, 2.75) is 44.6 Å². The molecule has 2 N–H and O–H groups in total. The number of likely N-dealkylation sites (tertiary alicyclic amines) is 1. The molecule has 1 aromatic heterocycles. The van der Waals surface area contributed by atoms with Gasteiger partial charge in [-0.15, -0.1) is 0 Å². The number of aromatic nitrogens is 2. The molecule has 2 aliphatic rings. The summed E-state index contributed by atoms with van der Waals surface area (Å²) in [4.78, 5) is 15.0. The molecule has 1 saturated heterocycles. The van der Waals surface area contributed by atoms with Crippen molar-refractivity contribution < 1.29 is 9.18 Å². The fourth-order valence-electron chi connectivity index (χ4n) is 4.08. The fraction of sp³-hybridized carbons (Fsp3) is 0.474. The second-order valence-corrected chi connectivity index (χ2v) is 6.87. The van der Waals surface area contributed by atoms with Gasteiger partial charge >= 0.3 is 0 Å². The number of benzene rings is 1. The van der Waals surface area contributed by atoms with E-state index < -0.39 is 0 Å². The molecule has 0 saturated carbocycles. The molecule has 1 aromatic carbocycles. The number of hydrogen-bond acceptors (Lipinski definition) is 3. The summed E-state index contributed by atoms with van der Waals surface area (Å²) in [5.41, 5.74) is 8.71. The van der Waals surface area contributed by atoms with Gasteiger partial charge in [-0.05, 0) is 50.7 Å². The van der Waals surface area contributed by atoms with E-state index in [1.54, 1.807) is 22.9 Å². The van der Waals surface area contributed by atoms with Crippen LogP contribution < -0.4 is 5.73 Å². The van der Waals surface area contributed by atoms with Crippen LogP contribution >= 0.6 is 0 Å². The van der Waals surface area contributed by atoms with Crippen LogP contribution in [0.1, 0.15) is 47.4 Å². The zero-order valence-electron chi connectivity index (χ0n) is 14.2. The second-order valence-electron chi connectivity index (χ2n) is 6.87. The Kier molecular flexibility index (Phi) is 4.29. The smallest absolute Gasteiger partial charge is 0.274 e. The molecule has 1 aliphatic heterocycles. The van der Waals surface area contributed by atoms with Crippen LogP contribution in [0.4, 0.5) is 4.39 Å². The van der Waals surface area contributed by atoms with E-state index in [-0.39, 0.29) is 17.8 Å². The van der Waals surface area contributed by atoms with E-state index in [1.165, 1.54) is 6.07 Å². The van der Waals surface area contributed by atoms with E-state index in [0.717, 1.165) is 56.3 Å². The third-order valence-electron chi connectivity index (χ3n) is 5.37.